The van der Waals surface area contributed by atoms with Crippen LogP contribution in [0.2, 0.25) is 0 Å². The molecule has 3 amide bonds. The summed E-state index contributed by atoms with van der Waals surface area (Å²) in [5.74, 6) is 2.57. The van der Waals surface area contributed by atoms with E-state index in [9.17, 15) is 14.4 Å². The van der Waals surface area contributed by atoms with Crippen molar-refractivity contribution in [1.82, 2.24) is 14.7 Å². The Labute approximate surface area is 184 Å². The lowest BCUT2D eigenvalue weighted by Gasteiger charge is -2.43. The van der Waals surface area contributed by atoms with Crippen molar-refractivity contribution in [2.75, 3.05) is 32.7 Å². The Bertz CT molecular complexity index is 776. The molecule has 0 spiro atoms. The molecule has 1 unspecified atom stereocenters. The zero-order chi connectivity index (χ0) is 22.6. The fourth-order valence-corrected chi connectivity index (χ4v) is 4.12. The van der Waals surface area contributed by atoms with Crippen LogP contribution in [0.3, 0.4) is 0 Å². The number of terminal acetylenes is 1. The summed E-state index contributed by atoms with van der Waals surface area (Å²) in [7, 11) is 0. The maximum absolute atomic E-state index is 12.8. The molecule has 9 nitrogen and oxygen atoms in total. The zero-order valence-electron chi connectivity index (χ0n) is 18.8. The van der Waals surface area contributed by atoms with Gasteiger partial charge >= 0.3 is 6.09 Å². The highest BCUT2D eigenvalue weighted by molar-refractivity contribution is 5.84. The second-order valence-corrected chi connectivity index (χ2v) is 9.51. The lowest BCUT2D eigenvalue weighted by Crippen LogP contribution is -2.59. The third kappa shape index (κ3) is 6.18. The van der Waals surface area contributed by atoms with E-state index in [2.05, 4.69) is 16.1 Å². The molecule has 3 aliphatic rings. The first kappa shape index (κ1) is 23.0. The molecular weight excluding hydrogens is 398 g/mol. The zero-order valence-corrected chi connectivity index (χ0v) is 18.8. The fraction of sp³-hybridized carbons (Fsp3) is 0.773. The molecular formula is C22H33N5O4. The minimum atomic E-state index is -0.595. The van der Waals surface area contributed by atoms with E-state index in [0.29, 0.717) is 51.9 Å². The number of likely N-dealkylation sites (tertiary alicyclic amines) is 1. The van der Waals surface area contributed by atoms with Gasteiger partial charge in [-0.3, -0.25) is 14.5 Å². The molecule has 9 heteroatoms. The first-order valence-corrected chi connectivity index (χ1v) is 11.1. The summed E-state index contributed by atoms with van der Waals surface area (Å²) in [4.78, 5) is 42.9. The summed E-state index contributed by atoms with van der Waals surface area (Å²) in [6.45, 7) is 7.55. The lowest BCUT2D eigenvalue weighted by atomic mass is 9.99. The smallest absolute Gasteiger partial charge is 0.410 e. The van der Waals surface area contributed by atoms with E-state index in [1.807, 2.05) is 9.80 Å². The standard InChI is InChI=1S/C22H33N5O4/c1-5-6-10-22(23-24-22)11-9-18(28)25-12-7-8-17(15-25)27-14-13-26(16-19(27)29)20(30)31-21(2,3)4/h1,17H,6-16H2,2-4H3. The van der Waals surface area contributed by atoms with Crippen molar-refractivity contribution < 1.29 is 19.1 Å². The first-order valence-electron chi connectivity index (χ1n) is 11.1. The van der Waals surface area contributed by atoms with Crippen LogP contribution in [0.1, 0.15) is 59.3 Å². The van der Waals surface area contributed by atoms with Crippen molar-refractivity contribution in [2.45, 2.75) is 76.6 Å². The average molecular weight is 432 g/mol. The van der Waals surface area contributed by atoms with Crippen LogP contribution >= 0.6 is 0 Å². The molecule has 0 aromatic rings. The molecule has 0 aliphatic carbocycles. The highest BCUT2D eigenvalue weighted by Crippen LogP contribution is 2.37. The SMILES string of the molecule is C#CCCC1(CCC(=O)N2CCCC(N3CCN(C(=O)OC(C)(C)C)CC3=O)C2)N=N1. The van der Waals surface area contributed by atoms with Crippen molar-refractivity contribution in [1.29, 1.82) is 0 Å². The van der Waals surface area contributed by atoms with E-state index < -0.39 is 17.4 Å². The molecule has 3 aliphatic heterocycles. The highest BCUT2D eigenvalue weighted by Gasteiger charge is 2.40. The molecule has 0 aromatic carbocycles. The van der Waals surface area contributed by atoms with E-state index in [1.54, 1.807) is 20.8 Å². The normalized spacial score (nSPS) is 22.8. The van der Waals surface area contributed by atoms with E-state index >= 15 is 0 Å². The molecule has 1 atom stereocenters. The van der Waals surface area contributed by atoms with Gasteiger partial charge in [-0.25, -0.2) is 4.79 Å². The Balaban J connectivity index is 1.48. The van der Waals surface area contributed by atoms with Gasteiger partial charge in [0, 0.05) is 57.9 Å². The number of carbonyl (C=O) groups is 3. The van der Waals surface area contributed by atoms with E-state index in [0.717, 1.165) is 12.8 Å². The summed E-state index contributed by atoms with van der Waals surface area (Å²) in [6, 6.07) is -0.0170. The van der Waals surface area contributed by atoms with Crippen molar-refractivity contribution >= 4 is 17.9 Å². The fourth-order valence-electron chi connectivity index (χ4n) is 4.12. The Morgan fingerprint density at radius 2 is 1.94 bits per heavy atom. The number of ether oxygens (including phenoxy) is 1. The number of hydrogen-bond donors (Lipinski definition) is 0. The van der Waals surface area contributed by atoms with Crippen LogP contribution in [0, 0.1) is 12.3 Å². The van der Waals surface area contributed by atoms with Gasteiger partial charge in [-0.15, -0.1) is 12.3 Å². The summed E-state index contributed by atoms with van der Waals surface area (Å²) in [5, 5.41) is 8.19. The number of hydrogen-bond acceptors (Lipinski definition) is 6. The Hall–Kier alpha value is -2.63. The maximum Gasteiger partial charge on any atom is 0.410 e. The molecule has 0 N–H and O–H groups in total. The molecule has 2 fully saturated rings. The van der Waals surface area contributed by atoms with Gasteiger partial charge in [-0.1, -0.05) is 0 Å². The van der Waals surface area contributed by atoms with Gasteiger partial charge in [0.2, 0.25) is 11.8 Å². The molecule has 0 radical (unpaired) electrons. The number of amides is 3. The van der Waals surface area contributed by atoms with E-state index in [4.69, 9.17) is 11.2 Å². The highest BCUT2D eigenvalue weighted by atomic mass is 16.6. The van der Waals surface area contributed by atoms with Crippen LogP contribution in [-0.2, 0) is 14.3 Å². The van der Waals surface area contributed by atoms with Crippen LogP contribution in [0.4, 0.5) is 4.79 Å². The van der Waals surface area contributed by atoms with E-state index in [1.165, 1.54) is 4.90 Å². The van der Waals surface area contributed by atoms with Crippen LogP contribution in [0.5, 0.6) is 0 Å². The predicted molar refractivity (Wildman–Crippen MR) is 114 cm³/mol. The molecule has 31 heavy (non-hydrogen) atoms. The quantitative estimate of drug-likeness (QED) is 0.604. The summed E-state index contributed by atoms with van der Waals surface area (Å²) < 4.78 is 5.38. The topological polar surface area (TPSA) is 94.9 Å². The minimum Gasteiger partial charge on any atom is -0.444 e. The van der Waals surface area contributed by atoms with Crippen molar-refractivity contribution in [3.05, 3.63) is 0 Å². The van der Waals surface area contributed by atoms with Crippen LogP contribution in [0.25, 0.3) is 0 Å². The number of rotatable bonds is 6. The van der Waals surface area contributed by atoms with Crippen molar-refractivity contribution in [3.63, 3.8) is 0 Å². The second-order valence-electron chi connectivity index (χ2n) is 9.51. The van der Waals surface area contributed by atoms with Gasteiger partial charge in [-0.05, 0) is 33.6 Å². The predicted octanol–water partition coefficient (Wildman–Crippen LogP) is 2.41. The molecule has 3 rings (SSSR count). The van der Waals surface area contributed by atoms with Gasteiger partial charge in [0.25, 0.3) is 0 Å². The monoisotopic (exact) mass is 431 g/mol. The van der Waals surface area contributed by atoms with Gasteiger partial charge < -0.3 is 14.5 Å². The van der Waals surface area contributed by atoms with Gasteiger partial charge in [0.15, 0.2) is 5.66 Å². The third-order valence-corrected chi connectivity index (χ3v) is 5.89. The second kappa shape index (κ2) is 9.25. The van der Waals surface area contributed by atoms with Gasteiger partial charge in [0.1, 0.15) is 12.1 Å². The summed E-state index contributed by atoms with van der Waals surface area (Å²) in [5.41, 5.74) is -1.05. The number of nitrogens with zero attached hydrogens (tertiary/aromatic N) is 5. The summed E-state index contributed by atoms with van der Waals surface area (Å²) in [6.07, 6.45) is 8.82. The maximum atomic E-state index is 12.8. The number of carbonyl (C=O) groups excluding carboxylic acids is 3. The van der Waals surface area contributed by atoms with E-state index in [-0.39, 0.29) is 24.4 Å². The third-order valence-electron chi connectivity index (χ3n) is 5.89. The van der Waals surface area contributed by atoms with Gasteiger partial charge in [0.05, 0.1) is 0 Å². The van der Waals surface area contributed by atoms with Crippen LogP contribution in [0.15, 0.2) is 10.2 Å². The molecule has 3 heterocycles. The Morgan fingerprint density at radius 3 is 2.55 bits per heavy atom. The average Bonchev–Trinajstić information content (AvgIpc) is 3.49. The molecule has 170 valence electrons. The lowest BCUT2D eigenvalue weighted by molar-refractivity contribution is -0.143. The molecule has 0 aromatic heterocycles. The Kier molecular flexibility index (Phi) is 6.87. The Morgan fingerprint density at radius 1 is 1.19 bits per heavy atom. The summed E-state index contributed by atoms with van der Waals surface area (Å²) >= 11 is 0. The number of piperidine rings is 1. The minimum absolute atomic E-state index is 0.0140. The number of piperazine rings is 1. The first-order chi connectivity index (χ1) is 14.6. The van der Waals surface area contributed by atoms with Crippen molar-refractivity contribution in [3.8, 4) is 12.3 Å². The van der Waals surface area contributed by atoms with Crippen molar-refractivity contribution in [2.24, 2.45) is 10.2 Å². The van der Waals surface area contributed by atoms with Gasteiger partial charge in [-0.2, -0.15) is 10.2 Å². The van der Waals surface area contributed by atoms with Crippen LogP contribution < -0.4 is 0 Å². The van der Waals surface area contributed by atoms with Crippen LogP contribution in [-0.4, -0.2) is 82.6 Å². The largest absolute Gasteiger partial charge is 0.444 e. The molecule has 0 bridgehead atoms. The molecule has 0 saturated carbocycles. The molecule has 2 saturated heterocycles.